The lowest BCUT2D eigenvalue weighted by molar-refractivity contribution is -0.119. The van der Waals surface area contributed by atoms with Gasteiger partial charge in [0.1, 0.15) is 22.8 Å². The summed E-state index contributed by atoms with van der Waals surface area (Å²) in [6.45, 7) is 3.82. The molecule has 136 valence electrons. The fourth-order valence-corrected chi connectivity index (χ4v) is 2.86. The van der Waals surface area contributed by atoms with Crippen LogP contribution in [0.5, 0.6) is 11.5 Å². The number of allylic oxidation sites excluding steroid dienone is 1. The molecule has 2 rings (SSSR count). The Labute approximate surface area is 148 Å². The van der Waals surface area contributed by atoms with Gasteiger partial charge in [-0.15, -0.1) is 0 Å². The smallest absolute Gasteiger partial charge is 0.342 e. The van der Waals surface area contributed by atoms with Crippen LogP contribution in [0.4, 0.5) is 0 Å². The number of cyclic esters (lactones) is 1. The third-order valence-electron chi connectivity index (χ3n) is 4.42. The van der Waals surface area contributed by atoms with Crippen molar-refractivity contribution in [1.82, 2.24) is 0 Å². The summed E-state index contributed by atoms with van der Waals surface area (Å²) in [6, 6.07) is 3.10. The van der Waals surface area contributed by atoms with Gasteiger partial charge in [0.05, 0.1) is 13.2 Å². The third-order valence-corrected chi connectivity index (χ3v) is 4.42. The number of hydrogen-bond acceptors (Lipinski definition) is 5. The van der Waals surface area contributed by atoms with Gasteiger partial charge in [0.15, 0.2) is 0 Å². The Balaban J connectivity index is 2.40. The standard InChI is InChI=1S/C20H26O5/c1-13-7-9-15-11-17(24-3)12-18(22)19(15)20(23)25-14(2)5-4-6-16(21)10-8-13/h7,9,11-14,22H,4-6,8,10H2,1-3H3/b9-7+/t13-,14-/m0/s1. The van der Waals surface area contributed by atoms with Gasteiger partial charge in [0.2, 0.25) is 0 Å². The van der Waals surface area contributed by atoms with Gasteiger partial charge >= 0.3 is 5.97 Å². The monoisotopic (exact) mass is 346 g/mol. The zero-order valence-corrected chi connectivity index (χ0v) is 15.1. The summed E-state index contributed by atoms with van der Waals surface area (Å²) in [4.78, 5) is 24.4. The summed E-state index contributed by atoms with van der Waals surface area (Å²) in [6.07, 6.45) is 6.54. The molecule has 0 spiro atoms. The Morgan fingerprint density at radius 2 is 1.92 bits per heavy atom. The quantitative estimate of drug-likeness (QED) is 0.774. The first kappa shape index (κ1) is 19.0. The summed E-state index contributed by atoms with van der Waals surface area (Å²) < 4.78 is 10.6. The van der Waals surface area contributed by atoms with Crippen LogP contribution in [-0.2, 0) is 9.53 Å². The Hall–Kier alpha value is -2.30. The molecule has 5 heteroatoms. The SMILES string of the molecule is COc1cc(O)c2c(c1)/C=C/[C@H](C)CCC(=O)CCC[C@H](C)OC2=O. The predicted molar refractivity (Wildman–Crippen MR) is 95.8 cm³/mol. The number of aromatic hydroxyl groups is 1. The van der Waals surface area contributed by atoms with Gasteiger partial charge in [0.25, 0.3) is 0 Å². The highest BCUT2D eigenvalue weighted by molar-refractivity contribution is 5.97. The molecule has 0 amide bonds. The van der Waals surface area contributed by atoms with Crippen LogP contribution in [0.25, 0.3) is 6.08 Å². The van der Waals surface area contributed by atoms with Crippen molar-refractivity contribution in [2.24, 2.45) is 5.92 Å². The molecule has 0 unspecified atom stereocenters. The molecule has 1 heterocycles. The number of ketones is 1. The van der Waals surface area contributed by atoms with E-state index in [-0.39, 0.29) is 29.1 Å². The normalized spacial score (nSPS) is 24.0. The number of phenols is 1. The number of esters is 1. The first-order valence-corrected chi connectivity index (χ1v) is 8.72. The molecule has 0 bridgehead atoms. The van der Waals surface area contributed by atoms with Crippen molar-refractivity contribution in [3.63, 3.8) is 0 Å². The average Bonchev–Trinajstić information content (AvgIpc) is 2.56. The Morgan fingerprint density at radius 3 is 2.64 bits per heavy atom. The van der Waals surface area contributed by atoms with Crippen LogP contribution >= 0.6 is 0 Å². The van der Waals surface area contributed by atoms with Gasteiger partial charge in [-0.05, 0) is 43.7 Å². The number of carbonyl (C=O) groups excluding carboxylic acids is 2. The number of benzene rings is 1. The molecule has 0 aromatic heterocycles. The van der Waals surface area contributed by atoms with Crippen molar-refractivity contribution in [2.75, 3.05) is 7.11 Å². The van der Waals surface area contributed by atoms with Gasteiger partial charge < -0.3 is 14.6 Å². The van der Waals surface area contributed by atoms with E-state index < -0.39 is 5.97 Å². The predicted octanol–water partition coefficient (Wildman–Crippen LogP) is 4.13. The van der Waals surface area contributed by atoms with Crippen LogP contribution in [0.2, 0.25) is 0 Å². The molecule has 2 atom stereocenters. The summed E-state index contributed by atoms with van der Waals surface area (Å²) in [7, 11) is 1.50. The molecule has 5 nitrogen and oxygen atoms in total. The number of rotatable bonds is 1. The van der Waals surface area contributed by atoms with Gasteiger partial charge in [0, 0.05) is 18.9 Å². The van der Waals surface area contributed by atoms with E-state index in [9.17, 15) is 14.7 Å². The highest BCUT2D eigenvalue weighted by Crippen LogP contribution is 2.30. The zero-order chi connectivity index (χ0) is 18.4. The second kappa shape index (κ2) is 8.70. The summed E-state index contributed by atoms with van der Waals surface area (Å²) in [5.74, 6) is 0.166. The van der Waals surface area contributed by atoms with Crippen LogP contribution in [-0.4, -0.2) is 30.1 Å². The molecular weight excluding hydrogens is 320 g/mol. The lowest BCUT2D eigenvalue weighted by Crippen LogP contribution is -2.17. The number of carbonyl (C=O) groups is 2. The maximum absolute atomic E-state index is 12.5. The molecule has 0 aliphatic carbocycles. The van der Waals surface area contributed by atoms with Gasteiger partial charge in [-0.1, -0.05) is 19.1 Å². The largest absolute Gasteiger partial charge is 0.507 e. The molecule has 1 aromatic carbocycles. The fourth-order valence-electron chi connectivity index (χ4n) is 2.86. The van der Waals surface area contributed by atoms with Crippen molar-refractivity contribution >= 4 is 17.8 Å². The number of ether oxygens (including phenoxy) is 2. The van der Waals surface area contributed by atoms with Gasteiger partial charge in [-0.3, -0.25) is 4.79 Å². The van der Waals surface area contributed by atoms with Crippen molar-refractivity contribution in [3.8, 4) is 11.5 Å². The number of methoxy groups -OCH3 is 1. The zero-order valence-electron chi connectivity index (χ0n) is 15.1. The van der Waals surface area contributed by atoms with Gasteiger partial charge in [-0.2, -0.15) is 0 Å². The first-order chi connectivity index (χ1) is 11.9. The number of phenolic OH excluding ortho intramolecular Hbond substituents is 1. The Morgan fingerprint density at radius 1 is 1.16 bits per heavy atom. The van der Waals surface area contributed by atoms with Crippen LogP contribution in [0.1, 0.15) is 61.9 Å². The van der Waals surface area contributed by atoms with E-state index in [2.05, 4.69) is 0 Å². The number of Topliss-reactive ketones (excluding diaryl/α,β-unsaturated/α-hetero) is 1. The Bertz CT molecular complexity index is 662. The van der Waals surface area contributed by atoms with E-state index in [4.69, 9.17) is 9.47 Å². The van der Waals surface area contributed by atoms with E-state index in [1.54, 1.807) is 19.1 Å². The topological polar surface area (TPSA) is 72.8 Å². The summed E-state index contributed by atoms with van der Waals surface area (Å²) in [5.41, 5.74) is 0.688. The molecule has 0 radical (unpaired) electrons. The summed E-state index contributed by atoms with van der Waals surface area (Å²) >= 11 is 0. The van der Waals surface area contributed by atoms with Crippen LogP contribution < -0.4 is 4.74 Å². The minimum Gasteiger partial charge on any atom is -0.507 e. The van der Waals surface area contributed by atoms with Crippen LogP contribution in [0.3, 0.4) is 0 Å². The molecule has 1 aliphatic heterocycles. The molecule has 0 saturated heterocycles. The number of fused-ring (bicyclic) bond motifs is 1. The van der Waals surface area contributed by atoms with Gasteiger partial charge in [-0.25, -0.2) is 4.79 Å². The fraction of sp³-hybridized carbons (Fsp3) is 0.500. The van der Waals surface area contributed by atoms with Crippen molar-refractivity contribution in [3.05, 3.63) is 29.3 Å². The molecule has 0 saturated carbocycles. The first-order valence-electron chi connectivity index (χ1n) is 8.72. The van der Waals surface area contributed by atoms with Crippen LogP contribution in [0.15, 0.2) is 18.2 Å². The average molecular weight is 346 g/mol. The summed E-state index contributed by atoms with van der Waals surface area (Å²) in [5, 5.41) is 10.3. The van der Waals surface area contributed by atoms with Crippen molar-refractivity contribution < 1.29 is 24.2 Å². The third kappa shape index (κ3) is 5.34. The molecular formula is C20H26O5. The second-order valence-electron chi connectivity index (χ2n) is 6.63. The maximum Gasteiger partial charge on any atom is 0.342 e. The molecule has 25 heavy (non-hydrogen) atoms. The Kier molecular flexibility index (Phi) is 6.62. The minimum atomic E-state index is -0.566. The van der Waals surface area contributed by atoms with Crippen LogP contribution in [0, 0.1) is 5.92 Å². The van der Waals surface area contributed by atoms with E-state index in [1.165, 1.54) is 13.2 Å². The maximum atomic E-state index is 12.5. The van der Waals surface area contributed by atoms with E-state index in [0.717, 1.165) is 6.42 Å². The number of hydrogen-bond donors (Lipinski definition) is 1. The van der Waals surface area contributed by atoms with Crippen molar-refractivity contribution in [2.45, 2.75) is 52.1 Å². The van der Waals surface area contributed by atoms with Crippen molar-refractivity contribution in [1.29, 1.82) is 0 Å². The van der Waals surface area contributed by atoms with E-state index in [1.807, 2.05) is 13.0 Å². The van der Waals surface area contributed by atoms with E-state index >= 15 is 0 Å². The molecule has 0 fully saturated rings. The lowest BCUT2D eigenvalue weighted by atomic mass is 9.97. The highest BCUT2D eigenvalue weighted by Gasteiger charge is 2.21. The lowest BCUT2D eigenvalue weighted by Gasteiger charge is -2.16. The molecule has 1 aliphatic rings. The molecule has 1 N–H and O–H groups in total. The minimum absolute atomic E-state index is 0.143. The highest BCUT2D eigenvalue weighted by atomic mass is 16.5. The second-order valence-corrected chi connectivity index (χ2v) is 6.63. The van der Waals surface area contributed by atoms with E-state index in [0.29, 0.717) is 37.0 Å². The molecule has 1 aromatic rings.